The fourth-order valence-corrected chi connectivity index (χ4v) is 3.91. The van der Waals surface area contributed by atoms with Crippen LogP contribution in [0.1, 0.15) is 18.0 Å². The summed E-state index contributed by atoms with van der Waals surface area (Å²) in [5, 5.41) is 0.954. The fourth-order valence-electron chi connectivity index (χ4n) is 2.98. The molecular formula is C23H20N2O2S. The van der Waals surface area contributed by atoms with Gasteiger partial charge in [0.2, 0.25) is 0 Å². The van der Waals surface area contributed by atoms with E-state index in [4.69, 9.17) is 9.47 Å². The number of allylic oxidation sites excluding steroid dienone is 3. The van der Waals surface area contributed by atoms with Gasteiger partial charge in [0.15, 0.2) is 0 Å². The molecule has 0 bridgehead atoms. The lowest BCUT2D eigenvalue weighted by molar-refractivity contribution is 0.389. The van der Waals surface area contributed by atoms with Gasteiger partial charge in [0.05, 0.1) is 7.11 Å². The van der Waals surface area contributed by atoms with Crippen LogP contribution in [0.4, 0.5) is 0 Å². The molecule has 5 heteroatoms. The van der Waals surface area contributed by atoms with Crippen LogP contribution in [0.15, 0.2) is 101 Å². The Kier molecular flexibility index (Phi) is 5.73. The molecule has 1 aliphatic carbocycles. The summed E-state index contributed by atoms with van der Waals surface area (Å²) in [5.74, 6) is 2.66. The van der Waals surface area contributed by atoms with E-state index in [-0.39, 0.29) is 5.92 Å². The van der Waals surface area contributed by atoms with Gasteiger partial charge in [-0.1, -0.05) is 30.0 Å². The molecule has 4 rings (SSSR count). The molecule has 0 fully saturated rings. The van der Waals surface area contributed by atoms with Crippen LogP contribution in [-0.2, 0) is 0 Å². The van der Waals surface area contributed by atoms with Crippen LogP contribution in [0.2, 0.25) is 0 Å². The first-order valence-electron chi connectivity index (χ1n) is 9.04. The smallest absolute Gasteiger partial charge is 0.127 e. The van der Waals surface area contributed by atoms with Crippen molar-refractivity contribution in [2.75, 3.05) is 7.11 Å². The molecule has 0 aliphatic heterocycles. The standard InChI is InChI=1S/C23H20N2O2S/c1-26-18-8-10-19(11-9-18)27-20-14-17(22-6-2-4-12-24-22)15-21(16-20)28-23-7-3-5-13-25-23/h2-13,15-17H,14H2,1H3. The number of hydrogen-bond acceptors (Lipinski definition) is 5. The molecule has 28 heavy (non-hydrogen) atoms. The molecule has 4 nitrogen and oxygen atoms in total. The van der Waals surface area contributed by atoms with Crippen molar-refractivity contribution in [2.45, 2.75) is 17.4 Å². The Morgan fingerprint density at radius 3 is 2.32 bits per heavy atom. The van der Waals surface area contributed by atoms with Crippen molar-refractivity contribution in [1.29, 1.82) is 0 Å². The van der Waals surface area contributed by atoms with E-state index in [9.17, 15) is 0 Å². The predicted molar refractivity (Wildman–Crippen MR) is 111 cm³/mol. The van der Waals surface area contributed by atoms with E-state index in [1.165, 1.54) is 0 Å². The second-order valence-electron chi connectivity index (χ2n) is 6.29. The Morgan fingerprint density at radius 2 is 1.64 bits per heavy atom. The van der Waals surface area contributed by atoms with E-state index in [1.807, 2.05) is 60.8 Å². The van der Waals surface area contributed by atoms with Gasteiger partial charge in [0, 0.05) is 35.3 Å². The molecule has 1 unspecified atom stereocenters. The van der Waals surface area contributed by atoms with Crippen molar-refractivity contribution >= 4 is 11.8 Å². The van der Waals surface area contributed by atoms with Crippen molar-refractivity contribution in [3.63, 3.8) is 0 Å². The highest BCUT2D eigenvalue weighted by Crippen LogP contribution is 2.37. The quantitative estimate of drug-likeness (QED) is 0.549. The van der Waals surface area contributed by atoms with Gasteiger partial charge in [0.1, 0.15) is 22.3 Å². The van der Waals surface area contributed by atoms with E-state index in [0.29, 0.717) is 0 Å². The van der Waals surface area contributed by atoms with Crippen LogP contribution in [0.5, 0.6) is 11.5 Å². The van der Waals surface area contributed by atoms with Crippen LogP contribution in [0.3, 0.4) is 0 Å². The van der Waals surface area contributed by atoms with Crippen molar-refractivity contribution in [1.82, 2.24) is 9.97 Å². The third kappa shape index (κ3) is 4.61. The lowest BCUT2D eigenvalue weighted by Gasteiger charge is -2.21. The lowest BCUT2D eigenvalue weighted by Crippen LogP contribution is -2.08. The monoisotopic (exact) mass is 388 g/mol. The van der Waals surface area contributed by atoms with Crippen molar-refractivity contribution in [3.05, 3.63) is 102 Å². The molecule has 140 valence electrons. The summed E-state index contributed by atoms with van der Waals surface area (Å²) in [6, 6.07) is 19.6. The molecule has 0 saturated heterocycles. The maximum Gasteiger partial charge on any atom is 0.127 e. The summed E-state index contributed by atoms with van der Waals surface area (Å²) >= 11 is 1.63. The number of pyridine rings is 2. The van der Waals surface area contributed by atoms with E-state index in [0.717, 1.165) is 39.3 Å². The molecule has 1 atom stereocenters. The summed E-state index contributed by atoms with van der Waals surface area (Å²) in [7, 11) is 1.66. The highest BCUT2D eigenvalue weighted by atomic mass is 32.2. The average molecular weight is 388 g/mol. The van der Waals surface area contributed by atoms with Gasteiger partial charge in [-0.3, -0.25) is 4.98 Å². The third-order valence-electron chi connectivity index (χ3n) is 4.33. The normalized spacial score (nSPS) is 16.1. The minimum atomic E-state index is 0.158. The molecule has 0 radical (unpaired) electrons. The Bertz CT molecular complexity index is 971. The average Bonchev–Trinajstić information content (AvgIpc) is 2.75. The first-order valence-corrected chi connectivity index (χ1v) is 9.86. The molecule has 2 aromatic heterocycles. The van der Waals surface area contributed by atoms with Gasteiger partial charge < -0.3 is 9.47 Å². The van der Waals surface area contributed by atoms with Crippen molar-refractivity contribution < 1.29 is 9.47 Å². The number of benzene rings is 1. The SMILES string of the molecule is COc1ccc(OC2=CC(Sc3ccccn3)=CC(c3ccccn3)C2)cc1. The van der Waals surface area contributed by atoms with Crippen LogP contribution >= 0.6 is 11.8 Å². The minimum Gasteiger partial charge on any atom is -0.497 e. The molecule has 1 aliphatic rings. The van der Waals surface area contributed by atoms with E-state index in [1.54, 1.807) is 25.1 Å². The summed E-state index contributed by atoms with van der Waals surface area (Å²) in [6.45, 7) is 0. The van der Waals surface area contributed by atoms with Crippen LogP contribution in [-0.4, -0.2) is 17.1 Å². The highest BCUT2D eigenvalue weighted by Gasteiger charge is 2.20. The second-order valence-corrected chi connectivity index (χ2v) is 7.39. The predicted octanol–water partition coefficient (Wildman–Crippen LogP) is 5.61. The van der Waals surface area contributed by atoms with Gasteiger partial charge in [0.25, 0.3) is 0 Å². The van der Waals surface area contributed by atoms with E-state index < -0.39 is 0 Å². The first-order chi connectivity index (χ1) is 13.8. The fraction of sp³-hybridized carbons (Fsp3) is 0.130. The van der Waals surface area contributed by atoms with Gasteiger partial charge >= 0.3 is 0 Å². The number of nitrogens with zero attached hydrogens (tertiary/aromatic N) is 2. The van der Waals surface area contributed by atoms with Gasteiger partial charge in [-0.2, -0.15) is 0 Å². The zero-order valence-electron chi connectivity index (χ0n) is 15.5. The zero-order valence-corrected chi connectivity index (χ0v) is 16.3. The molecule has 3 aromatic rings. The lowest BCUT2D eigenvalue weighted by atomic mass is 9.95. The number of rotatable bonds is 6. The molecule has 0 saturated carbocycles. The Hall–Kier alpha value is -3.05. The molecular weight excluding hydrogens is 368 g/mol. The maximum atomic E-state index is 6.18. The van der Waals surface area contributed by atoms with Crippen molar-refractivity contribution in [2.24, 2.45) is 0 Å². The molecule has 0 spiro atoms. The van der Waals surface area contributed by atoms with Gasteiger partial charge in [-0.15, -0.1) is 0 Å². The third-order valence-corrected chi connectivity index (χ3v) is 5.27. The molecule has 2 heterocycles. The maximum absolute atomic E-state index is 6.18. The van der Waals surface area contributed by atoms with Gasteiger partial charge in [-0.25, -0.2) is 4.98 Å². The summed E-state index contributed by atoms with van der Waals surface area (Å²) in [4.78, 5) is 10.1. The summed E-state index contributed by atoms with van der Waals surface area (Å²) in [6.07, 6.45) is 8.72. The largest absolute Gasteiger partial charge is 0.497 e. The highest BCUT2D eigenvalue weighted by molar-refractivity contribution is 8.03. The number of methoxy groups -OCH3 is 1. The Balaban J connectivity index is 1.59. The second kappa shape index (κ2) is 8.76. The Morgan fingerprint density at radius 1 is 0.893 bits per heavy atom. The van der Waals surface area contributed by atoms with Crippen LogP contribution < -0.4 is 9.47 Å². The number of thioether (sulfide) groups is 1. The number of ether oxygens (including phenoxy) is 2. The number of aromatic nitrogens is 2. The zero-order chi connectivity index (χ0) is 19.2. The van der Waals surface area contributed by atoms with Crippen LogP contribution in [0, 0.1) is 0 Å². The summed E-state index contributed by atoms with van der Waals surface area (Å²) < 4.78 is 11.4. The molecule has 0 N–H and O–H groups in total. The van der Waals surface area contributed by atoms with Gasteiger partial charge in [-0.05, 0) is 54.6 Å². The molecule has 0 amide bonds. The van der Waals surface area contributed by atoms with Crippen LogP contribution in [0.25, 0.3) is 0 Å². The van der Waals surface area contributed by atoms with E-state index in [2.05, 4.69) is 28.2 Å². The molecule has 1 aromatic carbocycles. The topological polar surface area (TPSA) is 44.2 Å². The first kappa shape index (κ1) is 18.3. The minimum absolute atomic E-state index is 0.158. The van der Waals surface area contributed by atoms with E-state index >= 15 is 0 Å². The van der Waals surface area contributed by atoms with Crippen molar-refractivity contribution in [3.8, 4) is 11.5 Å². The Labute approximate surface area is 169 Å². The number of hydrogen-bond donors (Lipinski definition) is 0. The summed E-state index contributed by atoms with van der Waals surface area (Å²) in [5.41, 5.74) is 1.03.